The maximum absolute atomic E-state index is 11.9. The number of aliphatic hydroxyl groups excluding tert-OH is 2. The molecule has 8 nitrogen and oxygen atoms in total. The fourth-order valence-electron chi connectivity index (χ4n) is 3.32. The number of carbonyl (C=O) groups is 2. The highest BCUT2D eigenvalue weighted by Gasteiger charge is 2.29. The summed E-state index contributed by atoms with van der Waals surface area (Å²) in [4.78, 5) is 25.3. The molecule has 1 fully saturated rings. The lowest BCUT2D eigenvalue weighted by molar-refractivity contribution is -0.0909. The lowest BCUT2D eigenvalue weighted by Crippen LogP contribution is -2.52. The van der Waals surface area contributed by atoms with Crippen molar-refractivity contribution in [2.24, 2.45) is 0 Å². The van der Waals surface area contributed by atoms with Gasteiger partial charge < -0.3 is 25.0 Å². The molecule has 2 atom stereocenters. The number of hydrogen-bond donors (Lipinski definition) is 3. The van der Waals surface area contributed by atoms with E-state index in [-0.39, 0.29) is 12.5 Å². The van der Waals surface area contributed by atoms with Gasteiger partial charge in [0.2, 0.25) is 0 Å². The maximum Gasteiger partial charge on any atom is 0.407 e. The van der Waals surface area contributed by atoms with E-state index < -0.39 is 30.0 Å². The number of piperidine rings is 1. The molecule has 2 rings (SSSR count). The molecule has 1 aliphatic rings. The van der Waals surface area contributed by atoms with Crippen LogP contribution in [0.2, 0.25) is 0 Å². The quantitative estimate of drug-likeness (QED) is 0.615. The highest BCUT2D eigenvalue weighted by atomic mass is 16.6. The van der Waals surface area contributed by atoms with E-state index in [2.05, 4.69) is 5.32 Å². The third-order valence-corrected chi connectivity index (χ3v) is 4.76. The molecule has 1 aromatic carbocycles. The molecular weight excluding hydrogens is 376 g/mol. The van der Waals surface area contributed by atoms with E-state index in [0.717, 1.165) is 5.56 Å². The van der Waals surface area contributed by atoms with Gasteiger partial charge in [0.05, 0.1) is 18.8 Å². The number of nitrogens with one attached hydrogen (secondary N) is 1. The van der Waals surface area contributed by atoms with Crippen LogP contribution in [0.1, 0.15) is 49.5 Å². The monoisotopic (exact) mass is 408 g/mol. The van der Waals surface area contributed by atoms with Gasteiger partial charge >= 0.3 is 12.1 Å². The van der Waals surface area contributed by atoms with Gasteiger partial charge in [0.25, 0.3) is 0 Å². The molecule has 2 unspecified atom stereocenters. The lowest BCUT2D eigenvalue weighted by Gasteiger charge is -2.37. The van der Waals surface area contributed by atoms with Crippen LogP contribution < -0.4 is 5.32 Å². The van der Waals surface area contributed by atoms with Crippen LogP contribution in [-0.2, 0) is 15.9 Å². The molecule has 0 aliphatic carbocycles. The molecule has 8 heteroatoms. The number of nitrogens with zero attached hydrogens (tertiary/aromatic N) is 1. The minimum atomic E-state index is -1.03. The predicted octanol–water partition coefficient (Wildman–Crippen LogP) is 1.68. The Morgan fingerprint density at radius 1 is 1.24 bits per heavy atom. The Bertz CT molecular complexity index is 695. The zero-order valence-corrected chi connectivity index (χ0v) is 17.6. The number of carbonyl (C=O) groups excluding carboxylic acids is 2. The molecule has 0 bridgehead atoms. The number of amides is 1. The summed E-state index contributed by atoms with van der Waals surface area (Å²) < 4.78 is 9.97. The summed E-state index contributed by atoms with van der Waals surface area (Å²) in [5, 5.41) is 23.8. The van der Waals surface area contributed by atoms with E-state index in [1.54, 1.807) is 29.2 Å². The van der Waals surface area contributed by atoms with E-state index in [9.17, 15) is 19.8 Å². The summed E-state index contributed by atoms with van der Waals surface area (Å²) in [7, 11) is 1.31. The second-order valence-corrected chi connectivity index (χ2v) is 8.33. The first kappa shape index (κ1) is 23.1. The number of alkyl carbamates (subject to hydrolysis) is 1. The molecule has 1 aromatic rings. The number of benzene rings is 1. The number of aliphatic hydroxyl groups is 2. The van der Waals surface area contributed by atoms with Gasteiger partial charge in [0.15, 0.2) is 0 Å². The van der Waals surface area contributed by atoms with Crippen LogP contribution in [-0.4, -0.2) is 71.3 Å². The van der Waals surface area contributed by atoms with E-state index in [0.29, 0.717) is 31.5 Å². The smallest absolute Gasteiger partial charge is 0.407 e. The van der Waals surface area contributed by atoms with Crippen LogP contribution in [0.4, 0.5) is 4.79 Å². The number of likely N-dealkylation sites (tertiary alicyclic amines) is 1. The summed E-state index contributed by atoms with van der Waals surface area (Å²) in [5.41, 5.74) is 0.595. The van der Waals surface area contributed by atoms with E-state index in [1.807, 2.05) is 20.8 Å². The average molecular weight is 408 g/mol. The van der Waals surface area contributed by atoms with Gasteiger partial charge in [-0.25, -0.2) is 9.59 Å². The molecule has 1 amide bonds. The Labute approximate surface area is 171 Å². The van der Waals surface area contributed by atoms with Gasteiger partial charge in [-0.2, -0.15) is 0 Å². The van der Waals surface area contributed by atoms with E-state index in [4.69, 9.17) is 9.47 Å². The zero-order valence-electron chi connectivity index (χ0n) is 17.6. The van der Waals surface area contributed by atoms with E-state index in [1.165, 1.54) is 7.11 Å². The standard InChI is InChI=1S/C21H32N2O6/c1-21(2,3)29-20(27)22-16-8-10-23(11-9-16)18(25)17(24)13-14-6-5-7-15(12-14)19(26)28-4/h5-7,12,16-18,24-25H,8-11,13H2,1-4H3,(H,22,27). The van der Waals surface area contributed by atoms with Gasteiger partial charge in [0.1, 0.15) is 11.8 Å². The first-order valence-corrected chi connectivity index (χ1v) is 9.86. The summed E-state index contributed by atoms with van der Waals surface area (Å²) in [6.45, 7) is 6.52. The van der Waals surface area contributed by atoms with Crippen molar-refractivity contribution in [1.82, 2.24) is 10.2 Å². The van der Waals surface area contributed by atoms with Crippen molar-refractivity contribution < 1.29 is 29.3 Å². The first-order valence-electron chi connectivity index (χ1n) is 9.86. The van der Waals surface area contributed by atoms with Crippen molar-refractivity contribution in [2.75, 3.05) is 20.2 Å². The van der Waals surface area contributed by atoms with Gasteiger partial charge in [0, 0.05) is 25.6 Å². The number of ether oxygens (including phenoxy) is 2. The zero-order chi connectivity index (χ0) is 21.6. The Morgan fingerprint density at radius 2 is 1.90 bits per heavy atom. The first-order chi connectivity index (χ1) is 13.6. The minimum Gasteiger partial charge on any atom is -0.465 e. The molecule has 0 radical (unpaired) electrons. The highest BCUT2D eigenvalue weighted by Crippen LogP contribution is 2.18. The second-order valence-electron chi connectivity index (χ2n) is 8.33. The molecular formula is C21H32N2O6. The third kappa shape index (κ3) is 7.30. The molecule has 1 saturated heterocycles. The number of hydrogen-bond acceptors (Lipinski definition) is 7. The fourth-order valence-corrected chi connectivity index (χ4v) is 3.32. The van der Waals surface area contributed by atoms with Crippen molar-refractivity contribution >= 4 is 12.1 Å². The van der Waals surface area contributed by atoms with Crippen LogP contribution in [0.25, 0.3) is 0 Å². The summed E-state index contributed by atoms with van der Waals surface area (Å²) in [5.74, 6) is -0.443. The highest BCUT2D eigenvalue weighted by molar-refractivity contribution is 5.89. The van der Waals surface area contributed by atoms with Gasteiger partial charge in [-0.05, 0) is 51.3 Å². The molecule has 0 saturated carbocycles. The van der Waals surface area contributed by atoms with Crippen molar-refractivity contribution in [3.63, 3.8) is 0 Å². The number of esters is 1. The third-order valence-electron chi connectivity index (χ3n) is 4.76. The molecule has 29 heavy (non-hydrogen) atoms. The Hall–Kier alpha value is -2.16. The summed E-state index contributed by atoms with van der Waals surface area (Å²) in [6.07, 6.45) is -0.955. The molecule has 1 heterocycles. The largest absolute Gasteiger partial charge is 0.465 e. The molecule has 0 spiro atoms. The maximum atomic E-state index is 11.9. The van der Waals surface area contributed by atoms with Crippen LogP contribution in [0.15, 0.2) is 24.3 Å². The van der Waals surface area contributed by atoms with Gasteiger partial charge in [-0.15, -0.1) is 0 Å². The topological polar surface area (TPSA) is 108 Å². The molecule has 1 aliphatic heterocycles. The molecule has 3 N–H and O–H groups in total. The normalized spacial score (nSPS) is 18.0. The Morgan fingerprint density at radius 3 is 2.48 bits per heavy atom. The Balaban J connectivity index is 1.83. The molecule has 162 valence electrons. The van der Waals surface area contributed by atoms with Crippen molar-refractivity contribution in [3.05, 3.63) is 35.4 Å². The van der Waals surface area contributed by atoms with Crippen LogP contribution in [0.3, 0.4) is 0 Å². The van der Waals surface area contributed by atoms with Crippen molar-refractivity contribution in [1.29, 1.82) is 0 Å². The van der Waals surface area contributed by atoms with Crippen molar-refractivity contribution in [2.45, 2.75) is 64.0 Å². The van der Waals surface area contributed by atoms with Crippen LogP contribution >= 0.6 is 0 Å². The predicted molar refractivity (Wildman–Crippen MR) is 107 cm³/mol. The fraction of sp³-hybridized carbons (Fsp3) is 0.619. The summed E-state index contributed by atoms with van der Waals surface area (Å²) >= 11 is 0. The van der Waals surface area contributed by atoms with Crippen molar-refractivity contribution in [3.8, 4) is 0 Å². The van der Waals surface area contributed by atoms with E-state index >= 15 is 0 Å². The average Bonchev–Trinajstić information content (AvgIpc) is 2.66. The molecule has 0 aromatic heterocycles. The Kier molecular flexibility index (Phi) is 8.01. The second kappa shape index (κ2) is 10.0. The van der Waals surface area contributed by atoms with Crippen LogP contribution in [0.5, 0.6) is 0 Å². The number of rotatable bonds is 6. The SMILES string of the molecule is COC(=O)c1cccc(CC(O)C(O)N2CCC(NC(=O)OC(C)(C)C)CC2)c1. The van der Waals surface area contributed by atoms with Crippen LogP contribution in [0, 0.1) is 0 Å². The minimum absolute atomic E-state index is 0.0258. The number of methoxy groups -OCH3 is 1. The lowest BCUT2D eigenvalue weighted by atomic mass is 10.0. The van der Waals surface area contributed by atoms with Gasteiger partial charge in [-0.3, -0.25) is 4.90 Å². The van der Waals surface area contributed by atoms with Gasteiger partial charge in [-0.1, -0.05) is 12.1 Å². The summed E-state index contributed by atoms with van der Waals surface area (Å²) in [6, 6.07) is 6.77.